The lowest BCUT2D eigenvalue weighted by molar-refractivity contribution is -0.385. The quantitative estimate of drug-likeness (QED) is 0.613. The van der Waals surface area contributed by atoms with E-state index in [1.165, 1.54) is 7.11 Å². The van der Waals surface area contributed by atoms with Gasteiger partial charge in [-0.25, -0.2) is 4.79 Å². The number of hydrogen-bond acceptors (Lipinski definition) is 5. The van der Waals surface area contributed by atoms with Crippen molar-refractivity contribution >= 4 is 11.7 Å². The Morgan fingerprint density at radius 2 is 2.22 bits per heavy atom. The summed E-state index contributed by atoms with van der Waals surface area (Å²) in [6.07, 6.45) is -0.407. The molecular formula is C11H13NO6. The number of ether oxygens (including phenoxy) is 2. The van der Waals surface area contributed by atoms with Gasteiger partial charge in [-0.05, 0) is 13.0 Å². The van der Waals surface area contributed by atoms with E-state index in [4.69, 9.17) is 14.6 Å². The molecule has 0 saturated carbocycles. The second kappa shape index (κ2) is 5.97. The normalized spacial score (nSPS) is 11.9. The van der Waals surface area contributed by atoms with Gasteiger partial charge in [-0.3, -0.25) is 10.1 Å². The number of carboxylic acids is 1. The van der Waals surface area contributed by atoms with Gasteiger partial charge in [-0.1, -0.05) is 0 Å². The topological polar surface area (TPSA) is 98.9 Å². The van der Waals surface area contributed by atoms with E-state index in [0.29, 0.717) is 0 Å². The molecule has 0 radical (unpaired) electrons. The second-order valence-corrected chi connectivity index (χ2v) is 3.63. The van der Waals surface area contributed by atoms with E-state index in [2.05, 4.69) is 0 Å². The van der Waals surface area contributed by atoms with E-state index in [0.717, 1.165) is 18.2 Å². The molecule has 0 saturated heterocycles. The molecule has 0 aliphatic carbocycles. The maximum atomic E-state index is 11.0. The molecule has 1 rings (SSSR count). The summed E-state index contributed by atoms with van der Waals surface area (Å²) in [4.78, 5) is 21.0. The van der Waals surface area contributed by atoms with Crippen LogP contribution in [0.2, 0.25) is 0 Å². The smallest absolute Gasteiger partial charge is 0.339 e. The highest BCUT2D eigenvalue weighted by Crippen LogP contribution is 2.25. The van der Waals surface area contributed by atoms with Crippen molar-refractivity contribution in [3.63, 3.8) is 0 Å². The molecule has 0 aliphatic heterocycles. The Bertz CT molecular complexity index is 459. The molecule has 0 heterocycles. The van der Waals surface area contributed by atoms with E-state index in [1.807, 2.05) is 0 Å². The molecule has 7 nitrogen and oxygen atoms in total. The highest BCUT2D eigenvalue weighted by atomic mass is 16.6. The van der Waals surface area contributed by atoms with E-state index in [-0.39, 0.29) is 23.6 Å². The zero-order valence-electron chi connectivity index (χ0n) is 9.95. The first kappa shape index (κ1) is 13.9. The first-order valence-corrected chi connectivity index (χ1v) is 5.13. The highest BCUT2D eigenvalue weighted by Gasteiger charge is 2.18. The van der Waals surface area contributed by atoms with Crippen molar-refractivity contribution in [3.05, 3.63) is 33.9 Å². The van der Waals surface area contributed by atoms with Crippen LogP contribution in [0.1, 0.15) is 17.3 Å². The number of rotatable bonds is 6. The van der Waals surface area contributed by atoms with Gasteiger partial charge in [-0.2, -0.15) is 0 Å². The van der Waals surface area contributed by atoms with Crippen LogP contribution in [0.3, 0.4) is 0 Å². The van der Waals surface area contributed by atoms with Crippen LogP contribution in [0.4, 0.5) is 5.69 Å². The molecule has 1 N–H and O–H groups in total. The molecule has 1 aromatic rings. The average molecular weight is 255 g/mol. The molecule has 1 atom stereocenters. The molecule has 1 aromatic carbocycles. The number of carboxylic acid groups (broad SMARTS) is 1. The molecule has 0 bridgehead atoms. The van der Waals surface area contributed by atoms with Crippen molar-refractivity contribution in [2.24, 2.45) is 0 Å². The minimum Gasteiger partial charge on any atom is -0.487 e. The number of carbonyl (C=O) groups is 1. The van der Waals surface area contributed by atoms with Gasteiger partial charge >= 0.3 is 5.97 Å². The molecule has 18 heavy (non-hydrogen) atoms. The number of methoxy groups -OCH3 is 1. The van der Waals surface area contributed by atoms with Crippen molar-refractivity contribution in [1.29, 1.82) is 0 Å². The zero-order chi connectivity index (χ0) is 13.7. The monoisotopic (exact) mass is 255 g/mol. The molecule has 0 spiro atoms. The first-order chi connectivity index (χ1) is 8.45. The molecule has 7 heteroatoms. The summed E-state index contributed by atoms with van der Waals surface area (Å²) in [5.41, 5.74) is -0.344. The van der Waals surface area contributed by atoms with Gasteiger partial charge in [-0.15, -0.1) is 0 Å². The third-order valence-corrected chi connectivity index (χ3v) is 2.14. The van der Waals surface area contributed by atoms with Crippen molar-refractivity contribution in [3.8, 4) is 5.75 Å². The average Bonchev–Trinajstić information content (AvgIpc) is 2.28. The predicted molar refractivity (Wildman–Crippen MR) is 62.0 cm³/mol. The third-order valence-electron chi connectivity index (χ3n) is 2.14. The van der Waals surface area contributed by atoms with Crippen molar-refractivity contribution in [1.82, 2.24) is 0 Å². The maximum absolute atomic E-state index is 11.0. The fraction of sp³-hybridized carbons (Fsp3) is 0.364. The zero-order valence-corrected chi connectivity index (χ0v) is 9.95. The number of nitrogens with zero attached hydrogens (tertiary/aromatic N) is 1. The van der Waals surface area contributed by atoms with Gasteiger partial charge in [0, 0.05) is 13.2 Å². The highest BCUT2D eigenvalue weighted by molar-refractivity contribution is 5.91. The lowest BCUT2D eigenvalue weighted by Gasteiger charge is -2.15. The van der Waals surface area contributed by atoms with Gasteiger partial charge in [0.25, 0.3) is 5.69 Å². The largest absolute Gasteiger partial charge is 0.487 e. The van der Waals surface area contributed by atoms with Crippen LogP contribution in [0.25, 0.3) is 0 Å². The molecule has 1 unspecified atom stereocenters. The first-order valence-electron chi connectivity index (χ1n) is 5.13. The van der Waals surface area contributed by atoms with E-state index < -0.39 is 17.0 Å². The lowest BCUT2D eigenvalue weighted by atomic mass is 10.2. The van der Waals surface area contributed by atoms with Crippen LogP contribution in [0.5, 0.6) is 5.75 Å². The van der Waals surface area contributed by atoms with Crippen LogP contribution < -0.4 is 4.74 Å². The lowest BCUT2D eigenvalue weighted by Crippen LogP contribution is -2.19. The van der Waals surface area contributed by atoms with E-state index in [1.54, 1.807) is 6.92 Å². The number of nitro groups is 1. The SMILES string of the molecule is COCC(C)Oc1cc([N+](=O)[O-])ccc1C(=O)O. The van der Waals surface area contributed by atoms with E-state index in [9.17, 15) is 14.9 Å². The molecular weight excluding hydrogens is 242 g/mol. The van der Waals surface area contributed by atoms with Crippen molar-refractivity contribution in [2.75, 3.05) is 13.7 Å². The number of nitro benzene ring substituents is 1. The number of hydrogen-bond donors (Lipinski definition) is 1. The van der Waals surface area contributed by atoms with Crippen LogP contribution in [-0.2, 0) is 4.74 Å². The molecule has 98 valence electrons. The second-order valence-electron chi connectivity index (χ2n) is 3.63. The van der Waals surface area contributed by atoms with Crippen LogP contribution in [0.15, 0.2) is 18.2 Å². The maximum Gasteiger partial charge on any atom is 0.339 e. The standard InChI is InChI=1S/C11H13NO6/c1-7(6-17-2)18-10-5-8(12(15)16)3-4-9(10)11(13)14/h3-5,7H,6H2,1-2H3,(H,13,14). The number of non-ortho nitro benzene ring substituents is 1. The Morgan fingerprint density at radius 3 is 2.72 bits per heavy atom. The number of benzene rings is 1. The summed E-state index contributed by atoms with van der Waals surface area (Å²) in [6.45, 7) is 1.93. The van der Waals surface area contributed by atoms with Crippen LogP contribution in [0, 0.1) is 10.1 Å². The third kappa shape index (κ3) is 3.42. The summed E-state index contributed by atoms with van der Waals surface area (Å²) >= 11 is 0. The summed E-state index contributed by atoms with van der Waals surface area (Å²) in [5.74, 6) is -1.24. The van der Waals surface area contributed by atoms with Gasteiger partial charge in [0.05, 0.1) is 17.6 Å². The van der Waals surface area contributed by atoms with Gasteiger partial charge in [0.15, 0.2) is 0 Å². The summed E-state index contributed by atoms with van der Waals surface area (Å²) < 4.78 is 10.2. The van der Waals surface area contributed by atoms with Crippen LogP contribution in [-0.4, -0.2) is 35.8 Å². The summed E-state index contributed by atoms with van der Waals surface area (Å²) in [5, 5.41) is 19.6. The van der Waals surface area contributed by atoms with Crippen molar-refractivity contribution in [2.45, 2.75) is 13.0 Å². The molecule has 0 aromatic heterocycles. The predicted octanol–water partition coefficient (Wildman–Crippen LogP) is 1.71. The Hall–Kier alpha value is -2.15. The fourth-order valence-corrected chi connectivity index (χ4v) is 1.38. The summed E-state index contributed by atoms with van der Waals surface area (Å²) in [7, 11) is 1.48. The van der Waals surface area contributed by atoms with E-state index >= 15 is 0 Å². The van der Waals surface area contributed by atoms with Gasteiger partial charge in [0.1, 0.15) is 17.4 Å². The van der Waals surface area contributed by atoms with Gasteiger partial charge < -0.3 is 14.6 Å². The fourth-order valence-electron chi connectivity index (χ4n) is 1.38. The van der Waals surface area contributed by atoms with Crippen LogP contribution >= 0.6 is 0 Å². The summed E-state index contributed by atoms with van der Waals surface area (Å²) in [6, 6.07) is 3.36. The van der Waals surface area contributed by atoms with Gasteiger partial charge in [0.2, 0.25) is 0 Å². The minimum absolute atomic E-state index is 0.0405. The van der Waals surface area contributed by atoms with Crippen molar-refractivity contribution < 1.29 is 24.3 Å². The molecule has 0 aliphatic rings. The Kier molecular flexibility index (Phi) is 4.61. The minimum atomic E-state index is -1.20. The number of aromatic carboxylic acids is 1. The Morgan fingerprint density at radius 1 is 1.56 bits per heavy atom. The Balaban J connectivity index is 3.07. The molecule has 0 amide bonds. The Labute approximate surface area is 103 Å². The molecule has 0 fully saturated rings.